The summed E-state index contributed by atoms with van der Waals surface area (Å²) in [6.07, 6.45) is 0.694. The van der Waals surface area contributed by atoms with Crippen LogP contribution in [0.25, 0.3) is 0 Å². The van der Waals surface area contributed by atoms with Crippen LogP contribution in [0.4, 0.5) is 4.79 Å². The molecule has 0 aromatic rings. The van der Waals surface area contributed by atoms with Crippen LogP contribution in [-0.2, 0) is 9.53 Å². The zero-order chi connectivity index (χ0) is 14.1. The minimum absolute atomic E-state index is 0.00401. The molecule has 2 atom stereocenters. The van der Waals surface area contributed by atoms with Crippen LogP contribution in [0.1, 0.15) is 26.7 Å². The fourth-order valence-corrected chi connectivity index (χ4v) is 1.41. The minimum Gasteiger partial charge on any atom is -0.481 e. The van der Waals surface area contributed by atoms with Crippen molar-refractivity contribution in [3.05, 3.63) is 0 Å². The van der Waals surface area contributed by atoms with Crippen LogP contribution in [0.15, 0.2) is 0 Å². The van der Waals surface area contributed by atoms with E-state index in [1.54, 1.807) is 19.1 Å². The molecule has 0 saturated carbocycles. The lowest BCUT2D eigenvalue weighted by Crippen LogP contribution is -2.45. The van der Waals surface area contributed by atoms with Crippen LogP contribution >= 0.6 is 0 Å². The number of urea groups is 1. The molecular weight excluding hydrogens is 236 g/mol. The summed E-state index contributed by atoms with van der Waals surface area (Å²) in [4.78, 5) is 23.7. The zero-order valence-electron chi connectivity index (χ0n) is 11.6. The van der Waals surface area contributed by atoms with Gasteiger partial charge in [0.25, 0.3) is 0 Å². The van der Waals surface area contributed by atoms with E-state index in [2.05, 4.69) is 5.32 Å². The van der Waals surface area contributed by atoms with Crippen molar-refractivity contribution < 1.29 is 19.4 Å². The first-order valence-corrected chi connectivity index (χ1v) is 6.09. The largest absolute Gasteiger partial charge is 0.481 e. The molecule has 0 heterocycles. The fraction of sp³-hybridized carbons (Fsp3) is 0.833. The van der Waals surface area contributed by atoms with E-state index < -0.39 is 5.97 Å². The number of ether oxygens (including phenoxy) is 1. The maximum atomic E-state index is 11.7. The molecule has 18 heavy (non-hydrogen) atoms. The predicted octanol–water partition coefficient (Wildman–Crippen LogP) is 1.16. The lowest BCUT2D eigenvalue weighted by atomic mass is 10.1. The first-order valence-electron chi connectivity index (χ1n) is 6.09. The number of nitrogens with one attached hydrogen (secondary N) is 1. The standard InChI is InChI=1S/C12H24N2O4/c1-9(5-6-11(15)16)7-13-12(17)14(3)10(2)8-18-4/h9-10H,5-8H2,1-4H3,(H,13,17)(H,15,16). The van der Waals surface area contributed by atoms with E-state index >= 15 is 0 Å². The molecule has 0 aliphatic rings. The Bertz CT molecular complexity index is 271. The average Bonchev–Trinajstić information content (AvgIpc) is 2.32. The topological polar surface area (TPSA) is 78.9 Å². The summed E-state index contributed by atoms with van der Waals surface area (Å²) in [6, 6.07) is -0.161. The summed E-state index contributed by atoms with van der Waals surface area (Å²) in [6.45, 7) is 4.79. The van der Waals surface area contributed by atoms with Gasteiger partial charge in [0.2, 0.25) is 0 Å². The Morgan fingerprint density at radius 2 is 2.00 bits per heavy atom. The van der Waals surface area contributed by atoms with Crippen LogP contribution in [0.2, 0.25) is 0 Å². The van der Waals surface area contributed by atoms with Gasteiger partial charge < -0.3 is 20.1 Å². The molecule has 0 aliphatic carbocycles. The second-order valence-corrected chi connectivity index (χ2v) is 4.64. The third-order valence-corrected chi connectivity index (χ3v) is 2.84. The quantitative estimate of drug-likeness (QED) is 0.686. The molecule has 0 rings (SSSR count). The monoisotopic (exact) mass is 260 g/mol. The highest BCUT2D eigenvalue weighted by Gasteiger charge is 2.15. The number of hydrogen-bond donors (Lipinski definition) is 2. The van der Waals surface area contributed by atoms with Crippen LogP contribution in [0, 0.1) is 5.92 Å². The molecule has 0 bridgehead atoms. The van der Waals surface area contributed by atoms with Gasteiger partial charge in [-0.1, -0.05) is 6.92 Å². The summed E-state index contributed by atoms with van der Waals surface area (Å²) < 4.78 is 4.98. The van der Waals surface area contributed by atoms with E-state index in [0.29, 0.717) is 19.6 Å². The van der Waals surface area contributed by atoms with Gasteiger partial charge in [0.15, 0.2) is 0 Å². The molecule has 2 unspecified atom stereocenters. The molecule has 6 nitrogen and oxygen atoms in total. The van der Waals surface area contributed by atoms with E-state index in [1.165, 1.54) is 0 Å². The molecule has 0 aromatic heterocycles. The number of carbonyl (C=O) groups is 2. The normalized spacial score (nSPS) is 13.8. The van der Waals surface area contributed by atoms with Gasteiger partial charge in [0.05, 0.1) is 12.6 Å². The molecule has 0 aromatic carbocycles. The minimum atomic E-state index is -0.806. The van der Waals surface area contributed by atoms with Crippen molar-refractivity contribution in [2.24, 2.45) is 5.92 Å². The number of carboxylic acids is 1. The summed E-state index contributed by atoms with van der Waals surface area (Å²) in [5, 5.41) is 11.3. The second kappa shape index (κ2) is 8.74. The van der Waals surface area contributed by atoms with Gasteiger partial charge in [-0.2, -0.15) is 0 Å². The molecule has 106 valence electrons. The van der Waals surface area contributed by atoms with Crippen LogP contribution < -0.4 is 5.32 Å². The molecule has 2 amide bonds. The Hall–Kier alpha value is -1.30. The lowest BCUT2D eigenvalue weighted by Gasteiger charge is -2.25. The van der Waals surface area contributed by atoms with Gasteiger partial charge in [-0.15, -0.1) is 0 Å². The van der Waals surface area contributed by atoms with Gasteiger partial charge in [-0.3, -0.25) is 4.79 Å². The zero-order valence-corrected chi connectivity index (χ0v) is 11.6. The maximum absolute atomic E-state index is 11.7. The molecule has 6 heteroatoms. The highest BCUT2D eigenvalue weighted by molar-refractivity contribution is 5.74. The Morgan fingerprint density at radius 3 is 2.50 bits per heavy atom. The fourth-order valence-electron chi connectivity index (χ4n) is 1.41. The summed E-state index contributed by atoms with van der Waals surface area (Å²) >= 11 is 0. The van der Waals surface area contributed by atoms with Crippen molar-refractivity contribution in [3.63, 3.8) is 0 Å². The van der Waals surface area contributed by atoms with Crippen LogP contribution in [0.3, 0.4) is 0 Å². The highest BCUT2D eigenvalue weighted by atomic mass is 16.5. The van der Waals surface area contributed by atoms with Crippen molar-refractivity contribution in [1.29, 1.82) is 0 Å². The Morgan fingerprint density at radius 1 is 1.39 bits per heavy atom. The van der Waals surface area contributed by atoms with Gasteiger partial charge >= 0.3 is 12.0 Å². The van der Waals surface area contributed by atoms with Crippen molar-refractivity contribution >= 4 is 12.0 Å². The Labute approximate surface area is 108 Å². The van der Waals surface area contributed by atoms with Crippen molar-refractivity contribution in [2.75, 3.05) is 27.3 Å². The third kappa shape index (κ3) is 7.11. The number of methoxy groups -OCH3 is 1. The molecular formula is C12H24N2O4. The van der Waals surface area contributed by atoms with E-state index in [1.807, 2.05) is 13.8 Å². The number of rotatable bonds is 8. The van der Waals surface area contributed by atoms with Crippen molar-refractivity contribution in [1.82, 2.24) is 10.2 Å². The van der Waals surface area contributed by atoms with Crippen molar-refractivity contribution in [3.8, 4) is 0 Å². The van der Waals surface area contributed by atoms with Crippen LogP contribution in [0.5, 0.6) is 0 Å². The second-order valence-electron chi connectivity index (χ2n) is 4.64. The van der Waals surface area contributed by atoms with Crippen molar-refractivity contribution in [2.45, 2.75) is 32.7 Å². The molecule has 0 saturated heterocycles. The number of carbonyl (C=O) groups excluding carboxylic acids is 1. The number of aliphatic carboxylic acids is 1. The number of carboxylic acid groups (broad SMARTS) is 1. The summed E-state index contributed by atoms with van der Waals surface area (Å²) in [5.41, 5.74) is 0. The van der Waals surface area contributed by atoms with Gasteiger partial charge in [0, 0.05) is 27.1 Å². The number of hydrogen-bond acceptors (Lipinski definition) is 3. The lowest BCUT2D eigenvalue weighted by molar-refractivity contribution is -0.137. The van der Waals surface area contributed by atoms with Crippen LogP contribution in [-0.4, -0.2) is 55.4 Å². The van der Waals surface area contributed by atoms with E-state index in [4.69, 9.17) is 9.84 Å². The first kappa shape index (κ1) is 16.7. The molecule has 0 aliphatic heterocycles. The van der Waals surface area contributed by atoms with E-state index in [0.717, 1.165) is 0 Å². The van der Waals surface area contributed by atoms with E-state index in [9.17, 15) is 9.59 Å². The smallest absolute Gasteiger partial charge is 0.317 e. The predicted molar refractivity (Wildman–Crippen MR) is 68.5 cm³/mol. The molecule has 0 fully saturated rings. The SMILES string of the molecule is COCC(C)N(C)C(=O)NCC(C)CCC(=O)O. The number of likely N-dealkylation sites (N-methyl/N-ethyl adjacent to an activating group) is 1. The summed E-state index contributed by atoms with van der Waals surface area (Å²) in [5.74, 6) is -0.657. The molecule has 0 spiro atoms. The highest BCUT2D eigenvalue weighted by Crippen LogP contribution is 2.04. The Kier molecular flexibility index (Phi) is 8.11. The average molecular weight is 260 g/mol. The van der Waals surface area contributed by atoms with Gasteiger partial charge in [-0.05, 0) is 19.3 Å². The summed E-state index contributed by atoms with van der Waals surface area (Å²) in [7, 11) is 3.30. The number of nitrogens with zero attached hydrogens (tertiary/aromatic N) is 1. The van der Waals surface area contributed by atoms with E-state index in [-0.39, 0.29) is 24.4 Å². The number of amides is 2. The molecule has 2 N–H and O–H groups in total. The van der Waals surface area contributed by atoms with Gasteiger partial charge in [-0.25, -0.2) is 4.79 Å². The Balaban J connectivity index is 3.90. The third-order valence-electron chi connectivity index (χ3n) is 2.84. The van der Waals surface area contributed by atoms with Gasteiger partial charge in [0.1, 0.15) is 0 Å². The molecule has 0 radical (unpaired) electrons. The first-order chi connectivity index (χ1) is 8.38. The maximum Gasteiger partial charge on any atom is 0.317 e.